The number of rotatable bonds is 5. The minimum Gasteiger partial charge on any atom is -0.457 e. The Morgan fingerprint density at radius 2 is 1.80 bits per heavy atom. The first kappa shape index (κ1) is 17.9. The van der Waals surface area contributed by atoms with Crippen LogP contribution in [0.4, 0.5) is 0 Å². The summed E-state index contributed by atoms with van der Waals surface area (Å²) in [7, 11) is 0. The molecule has 2 fully saturated rings. The van der Waals surface area contributed by atoms with Gasteiger partial charge in [0.1, 0.15) is 0 Å². The monoisotopic (exact) mass is 347 g/mol. The van der Waals surface area contributed by atoms with Crippen LogP contribution in [0, 0.1) is 0 Å². The van der Waals surface area contributed by atoms with Gasteiger partial charge in [-0.05, 0) is 24.9 Å². The lowest BCUT2D eigenvalue weighted by molar-refractivity contribution is -0.166. The average Bonchev–Trinajstić information content (AvgIpc) is 2.90. The van der Waals surface area contributed by atoms with Gasteiger partial charge in [0.25, 0.3) is 0 Å². The van der Waals surface area contributed by atoms with E-state index in [1.54, 1.807) is 0 Å². The second kappa shape index (κ2) is 7.97. The lowest BCUT2D eigenvalue weighted by Crippen LogP contribution is -2.51. The van der Waals surface area contributed by atoms with Gasteiger partial charge in [-0.1, -0.05) is 30.3 Å². The fourth-order valence-electron chi connectivity index (χ4n) is 3.85. The molecule has 6 heteroatoms. The maximum Gasteiger partial charge on any atom is 0.303 e. The van der Waals surface area contributed by atoms with Crippen LogP contribution in [0.3, 0.4) is 0 Å². The lowest BCUT2D eigenvalue weighted by atomic mass is 9.96. The highest BCUT2D eigenvalue weighted by molar-refractivity contribution is 5.67. The van der Waals surface area contributed by atoms with Crippen molar-refractivity contribution in [2.24, 2.45) is 0 Å². The van der Waals surface area contributed by atoms with Crippen LogP contribution in [0.2, 0.25) is 0 Å². The van der Waals surface area contributed by atoms with Gasteiger partial charge in [0.05, 0.1) is 18.8 Å². The molecule has 0 spiro atoms. The maximum atomic E-state index is 11.6. The van der Waals surface area contributed by atoms with Crippen molar-refractivity contribution in [2.75, 3.05) is 13.1 Å². The van der Waals surface area contributed by atoms with E-state index in [9.17, 15) is 9.59 Å². The molecule has 0 N–H and O–H groups in total. The van der Waals surface area contributed by atoms with Crippen LogP contribution < -0.4 is 0 Å². The second-order valence-corrected chi connectivity index (χ2v) is 6.68. The third-order valence-corrected chi connectivity index (χ3v) is 4.78. The zero-order chi connectivity index (χ0) is 17.8. The number of carbonyl (C=O) groups is 2. The molecule has 0 saturated carbocycles. The Balaban J connectivity index is 1.73. The summed E-state index contributed by atoms with van der Waals surface area (Å²) in [6.07, 6.45) is 0.933. The summed E-state index contributed by atoms with van der Waals surface area (Å²) in [4.78, 5) is 25.2. The summed E-state index contributed by atoms with van der Waals surface area (Å²) in [6.45, 7) is 4.75. The fraction of sp³-hybridized carbons (Fsp3) is 0.579. The predicted octanol–water partition coefficient (Wildman–Crippen LogP) is 1.91. The third-order valence-electron chi connectivity index (χ3n) is 4.78. The molecule has 2 heterocycles. The second-order valence-electron chi connectivity index (χ2n) is 6.68. The van der Waals surface area contributed by atoms with E-state index in [1.165, 1.54) is 13.8 Å². The van der Waals surface area contributed by atoms with Crippen LogP contribution in [0.5, 0.6) is 0 Å². The Kier molecular flexibility index (Phi) is 5.71. The van der Waals surface area contributed by atoms with Crippen molar-refractivity contribution >= 4 is 11.9 Å². The number of piperidine rings is 1. The maximum absolute atomic E-state index is 11.6. The molecule has 0 amide bonds. The van der Waals surface area contributed by atoms with Crippen molar-refractivity contribution in [1.82, 2.24) is 4.90 Å². The molecule has 0 aromatic heterocycles. The summed E-state index contributed by atoms with van der Waals surface area (Å²) in [5.41, 5.74) is 1.11. The Hall–Kier alpha value is -1.92. The molecule has 1 aromatic rings. The molecule has 0 aliphatic carbocycles. The van der Waals surface area contributed by atoms with E-state index >= 15 is 0 Å². The van der Waals surface area contributed by atoms with Crippen LogP contribution in [-0.4, -0.2) is 54.3 Å². The van der Waals surface area contributed by atoms with Gasteiger partial charge in [-0.15, -0.1) is 0 Å². The first-order valence-corrected chi connectivity index (χ1v) is 8.78. The summed E-state index contributed by atoms with van der Waals surface area (Å²) in [5, 5.41) is 0. The van der Waals surface area contributed by atoms with Gasteiger partial charge in [-0.3, -0.25) is 14.5 Å². The summed E-state index contributed by atoms with van der Waals surface area (Å²) in [6, 6.07) is 9.93. The van der Waals surface area contributed by atoms with Crippen LogP contribution in [-0.2, 0) is 30.4 Å². The van der Waals surface area contributed by atoms with Gasteiger partial charge in [0.2, 0.25) is 0 Å². The number of ether oxygens (including phenoxy) is 3. The van der Waals surface area contributed by atoms with Crippen molar-refractivity contribution in [2.45, 2.75) is 57.6 Å². The van der Waals surface area contributed by atoms with Crippen molar-refractivity contribution < 1.29 is 23.8 Å². The zero-order valence-electron chi connectivity index (χ0n) is 14.7. The molecular formula is C19H25NO5. The Bertz CT molecular complexity index is 605. The number of hydrogen-bond donors (Lipinski definition) is 0. The molecule has 6 nitrogen and oxygen atoms in total. The van der Waals surface area contributed by atoms with E-state index in [2.05, 4.69) is 4.90 Å². The third kappa shape index (κ3) is 4.38. The molecule has 2 saturated heterocycles. The Labute approximate surface area is 148 Å². The van der Waals surface area contributed by atoms with Gasteiger partial charge >= 0.3 is 11.9 Å². The van der Waals surface area contributed by atoms with Crippen molar-refractivity contribution in [3.63, 3.8) is 0 Å². The molecule has 4 atom stereocenters. The van der Waals surface area contributed by atoms with Gasteiger partial charge in [-0.25, -0.2) is 0 Å². The molecule has 3 rings (SSSR count). The summed E-state index contributed by atoms with van der Waals surface area (Å²) >= 11 is 0. The zero-order valence-corrected chi connectivity index (χ0v) is 14.7. The standard InChI is InChI=1S/C19H25NO5/c1-13(21)24-17-11-20-10-6-9-16(18(20)19(17)25-14(2)22)23-12-15-7-4-3-5-8-15/h3-5,7-8,16-19H,6,9-12H2,1-2H3/t16-,17+,18-,19+/m1/s1. The number of esters is 2. The first-order chi connectivity index (χ1) is 12.0. The van der Waals surface area contributed by atoms with Gasteiger partial charge in [0.15, 0.2) is 12.2 Å². The van der Waals surface area contributed by atoms with E-state index in [1.807, 2.05) is 30.3 Å². The minimum atomic E-state index is -0.484. The Morgan fingerprint density at radius 3 is 2.48 bits per heavy atom. The molecule has 2 aliphatic heterocycles. The van der Waals surface area contributed by atoms with Crippen LogP contribution in [0.1, 0.15) is 32.3 Å². The normalized spacial score (nSPS) is 29.0. The van der Waals surface area contributed by atoms with Gasteiger partial charge < -0.3 is 14.2 Å². The molecule has 0 bridgehead atoms. The number of benzene rings is 1. The molecule has 0 radical (unpaired) electrons. The number of fused-ring (bicyclic) bond motifs is 1. The molecule has 25 heavy (non-hydrogen) atoms. The van der Waals surface area contributed by atoms with Crippen molar-refractivity contribution in [1.29, 1.82) is 0 Å². The number of nitrogens with zero attached hydrogens (tertiary/aromatic N) is 1. The summed E-state index contributed by atoms with van der Waals surface area (Å²) in [5.74, 6) is -0.722. The van der Waals surface area contributed by atoms with Crippen molar-refractivity contribution in [3.05, 3.63) is 35.9 Å². The van der Waals surface area contributed by atoms with E-state index < -0.39 is 12.2 Å². The predicted molar refractivity (Wildman–Crippen MR) is 90.7 cm³/mol. The van der Waals surface area contributed by atoms with Crippen LogP contribution in [0.25, 0.3) is 0 Å². The molecule has 1 aromatic carbocycles. The molecular weight excluding hydrogens is 322 g/mol. The van der Waals surface area contributed by atoms with Crippen LogP contribution in [0.15, 0.2) is 30.3 Å². The SMILES string of the molecule is CC(=O)O[C@@H]1[C@H]2[C@H](OCc3ccccc3)CCCN2C[C@@H]1OC(C)=O. The van der Waals surface area contributed by atoms with Gasteiger partial charge in [0, 0.05) is 20.4 Å². The van der Waals surface area contributed by atoms with E-state index in [4.69, 9.17) is 14.2 Å². The highest BCUT2D eigenvalue weighted by Gasteiger charge is 2.51. The fourth-order valence-corrected chi connectivity index (χ4v) is 3.85. The van der Waals surface area contributed by atoms with Crippen molar-refractivity contribution in [3.8, 4) is 0 Å². The minimum absolute atomic E-state index is 0.0566. The molecule has 0 unspecified atom stereocenters. The largest absolute Gasteiger partial charge is 0.457 e. The average molecular weight is 347 g/mol. The highest BCUT2D eigenvalue weighted by atomic mass is 16.6. The smallest absolute Gasteiger partial charge is 0.303 e. The molecule has 136 valence electrons. The first-order valence-electron chi connectivity index (χ1n) is 8.78. The highest BCUT2D eigenvalue weighted by Crippen LogP contribution is 2.33. The quantitative estimate of drug-likeness (QED) is 0.758. The lowest BCUT2D eigenvalue weighted by Gasteiger charge is -2.38. The Morgan fingerprint density at radius 1 is 1.08 bits per heavy atom. The number of carbonyl (C=O) groups excluding carboxylic acids is 2. The van der Waals surface area contributed by atoms with E-state index in [0.29, 0.717) is 13.2 Å². The topological polar surface area (TPSA) is 65.1 Å². The van der Waals surface area contributed by atoms with E-state index in [-0.39, 0.29) is 24.1 Å². The number of hydrogen-bond acceptors (Lipinski definition) is 6. The molecule has 2 aliphatic rings. The van der Waals surface area contributed by atoms with Crippen LogP contribution >= 0.6 is 0 Å². The summed E-state index contributed by atoms with van der Waals surface area (Å²) < 4.78 is 17.1. The van der Waals surface area contributed by atoms with E-state index in [0.717, 1.165) is 24.9 Å². The van der Waals surface area contributed by atoms with Gasteiger partial charge in [-0.2, -0.15) is 0 Å².